The first-order valence-corrected chi connectivity index (χ1v) is 4.81. The number of hydrogen-bond acceptors (Lipinski definition) is 3. The molecule has 0 bridgehead atoms. The molecule has 0 aliphatic heterocycles. The van der Waals surface area contributed by atoms with Crippen molar-refractivity contribution in [3.63, 3.8) is 0 Å². The summed E-state index contributed by atoms with van der Waals surface area (Å²) >= 11 is 0. The predicted octanol–water partition coefficient (Wildman–Crippen LogP) is -0.375. The lowest BCUT2D eigenvalue weighted by atomic mass is 10.8. The Morgan fingerprint density at radius 3 is 2.40 bits per heavy atom. The van der Waals surface area contributed by atoms with E-state index in [9.17, 15) is 8.42 Å². The van der Waals surface area contributed by atoms with E-state index in [1.165, 1.54) is 13.3 Å². The van der Waals surface area contributed by atoms with E-state index in [0.29, 0.717) is 0 Å². The highest BCUT2D eigenvalue weighted by molar-refractivity contribution is 7.91. The van der Waals surface area contributed by atoms with Crippen molar-refractivity contribution in [3.8, 4) is 0 Å². The molecule has 0 saturated carbocycles. The summed E-state index contributed by atoms with van der Waals surface area (Å²) < 4.78 is 21.4. The van der Waals surface area contributed by atoms with Crippen LogP contribution in [0, 0.1) is 0 Å². The molecule has 0 spiro atoms. The summed E-state index contributed by atoms with van der Waals surface area (Å²) in [6.45, 7) is 1.53. The van der Waals surface area contributed by atoms with Gasteiger partial charge in [-0.3, -0.25) is 4.99 Å². The Morgan fingerprint density at radius 2 is 2.10 bits per heavy atom. The van der Waals surface area contributed by atoms with Gasteiger partial charge in [0.25, 0.3) is 0 Å². The smallest absolute Gasteiger partial charge is 0.170 e. The molecule has 1 atom stereocenters. The summed E-state index contributed by atoms with van der Waals surface area (Å²) in [5.74, 6) is 0. The molecule has 0 aromatic rings. The first-order chi connectivity index (χ1) is 4.48. The molecular formula is C5H12N2O2S. The van der Waals surface area contributed by atoms with Crippen LogP contribution in [-0.2, 0) is 9.84 Å². The molecule has 0 rings (SSSR count). The van der Waals surface area contributed by atoms with Crippen molar-refractivity contribution < 1.29 is 8.42 Å². The number of sulfone groups is 1. The Kier molecular flexibility index (Phi) is 3.35. The van der Waals surface area contributed by atoms with Gasteiger partial charge in [0.15, 0.2) is 9.84 Å². The summed E-state index contributed by atoms with van der Waals surface area (Å²) in [6, 6.07) is 0. The van der Waals surface area contributed by atoms with Crippen LogP contribution in [0.2, 0.25) is 0 Å². The summed E-state index contributed by atoms with van der Waals surface area (Å²) in [7, 11) is -1.35. The highest BCUT2D eigenvalue weighted by Gasteiger charge is 2.10. The van der Waals surface area contributed by atoms with Crippen LogP contribution in [0.1, 0.15) is 6.92 Å². The molecule has 5 heteroatoms. The van der Waals surface area contributed by atoms with Crippen LogP contribution in [-0.4, -0.2) is 33.4 Å². The van der Waals surface area contributed by atoms with Crippen molar-refractivity contribution in [1.82, 2.24) is 5.32 Å². The third-order valence-corrected chi connectivity index (χ3v) is 2.39. The van der Waals surface area contributed by atoms with Crippen LogP contribution in [0.3, 0.4) is 0 Å². The van der Waals surface area contributed by atoms with Crippen LogP contribution in [0.5, 0.6) is 0 Å². The Labute approximate surface area is 61.3 Å². The molecule has 1 unspecified atom stereocenters. The van der Waals surface area contributed by atoms with E-state index >= 15 is 0 Å². The number of nitrogens with zero attached hydrogens (tertiary/aromatic N) is 1. The van der Waals surface area contributed by atoms with Gasteiger partial charge >= 0.3 is 0 Å². The van der Waals surface area contributed by atoms with Crippen molar-refractivity contribution in [3.05, 3.63) is 0 Å². The summed E-state index contributed by atoms with van der Waals surface area (Å²) in [5, 5.41) is 1.96. The molecule has 0 aliphatic rings. The van der Waals surface area contributed by atoms with E-state index in [4.69, 9.17) is 0 Å². The molecular weight excluding hydrogens is 152 g/mol. The zero-order chi connectivity index (χ0) is 8.20. The van der Waals surface area contributed by atoms with E-state index < -0.39 is 15.2 Å². The Morgan fingerprint density at radius 1 is 1.60 bits per heavy atom. The van der Waals surface area contributed by atoms with Gasteiger partial charge < -0.3 is 5.32 Å². The highest BCUT2D eigenvalue weighted by atomic mass is 32.2. The average molecular weight is 164 g/mol. The zero-order valence-corrected chi connectivity index (χ0v) is 7.14. The first-order valence-electron chi connectivity index (χ1n) is 2.86. The van der Waals surface area contributed by atoms with Gasteiger partial charge in [-0.1, -0.05) is 0 Å². The number of aliphatic imine (C=N–C) groups is 1. The second-order valence-corrected chi connectivity index (χ2v) is 4.34. The van der Waals surface area contributed by atoms with Crippen LogP contribution in [0.15, 0.2) is 4.99 Å². The fraction of sp³-hybridized carbons (Fsp3) is 0.800. The Balaban J connectivity index is 4.12. The van der Waals surface area contributed by atoms with E-state index in [2.05, 4.69) is 10.3 Å². The second-order valence-electron chi connectivity index (χ2n) is 2.00. The van der Waals surface area contributed by atoms with Gasteiger partial charge in [0.2, 0.25) is 0 Å². The number of rotatable bonds is 3. The normalized spacial score (nSPS) is 15.5. The summed E-state index contributed by atoms with van der Waals surface area (Å²) in [5.41, 5.74) is 0. The molecule has 0 fully saturated rings. The van der Waals surface area contributed by atoms with Gasteiger partial charge in [-0.05, 0) is 6.92 Å². The first kappa shape index (κ1) is 9.42. The van der Waals surface area contributed by atoms with Crippen molar-refractivity contribution in [2.75, 3.05) is 13.3 Å². The minimum Gasteiger partial charge on any atom is -0.379 e. The van der Waals surface area contributed by atoms with E-state index in [0.717, 1.165) is 6.26 Å². The maximum absolute atomic E-state index is 10.7. The lowest BCUT2D eigenvalue weighted by Crippen LogP contribution is -2.15. The average Bonchev–Trinajstić information content (AvgIpc) is 1.80. The van der Waals surface area contributed by atoms with Gasteiger partial charge in [0.1, 0.15) is 5.37 Å². The van der Waals surface area contributed by atoms with E-state index in [-0.39, 0.29) is 0 Å². The van der Waals surface area contributed by atoms with Gasteiger partial charge in [0.05, 0.1) is 6.34 Å². The van der Waals surface area contributed by atoms with Gasteiger partial charge in [-0.25, -0.2) is 8.42 Å². The fourth-order valence-electron chi connectivity index (χ4n) is 0.290. The molecule has 0 heterocycles. The molecule has 0 amide bonds. The molecule has 0 aromatic heterocycles. The highest BCUT2D eigenvalue weighted by Crippen LogP contribution is 1.96. The van der Waals surface area contributed by atoms with E-state index in [1.807, 2.05) is 0 Å². The van der Waals surface area contributed by atoms with Crippen molar-refractivity contribution in [2.45, 2.75) is 12.3 Å². The van der Waals surface area contributed by atoms with E-state index in [1.54, 1.807) is 7.05 Å². The van der Waals surface area contributed by atoms with Crippen molar-refractivity contribution in [1.29, 1.82) is 0 Å². The molecule has 0 aromatic carbocycles. The molecule has 60 valence electrons. The van der Waals surface area contributed by atoms with Gasteiger partial charge in [-0.15, -0.1) is 0 Å². The van der Waals surface area contributed by atoms with Gasteiger partial charge in [0, 0.05) is 13.3 Å². The molecule has 0 aliphatic carbocycles. The van der Waals surface area contributed by atoms with Crippen LogP contribution >= 0.6 is 0 Å². The lowest BCUT2D eigenvalue weighted by Gasteiger charge is -2.00. The SMILES string of the molecule is CN/C=N\C(C)S(C)(=O)=O. The minimum absolute atomic E-state index is 0.653. The second kappa shape index (κ2) is 3.55. The maximum Gasteiger partial charge on any atom is 0.170 e. The molecule has 4 nitrogen and oxygen atoms in total. The molecule has 1 N–H and O–H groups in total. The molecule has 0 radical (unpaired) electrons. The van der Waals surface area contributed by atoms with Crippen molar-refractivity contribution in [2.24, 2.45) is 4.99 Å². The monoisotopic (exact) mass is 164 g/mol. The largest absolute Gasteiger partial charge is 0.379 e. The van der Waals surface area contributed by atoms with Crippen molar-refractivity contribution >= 4 is 16.2 Å². The summed E-state index contributed by atoms with van der Waals surface area (Å²) in [6.07, 6.45) is 2.52. The number of hydrogen-bond donors (Lipinski definition) is 1. The topological polar surface area (TPSA) is 58.5 Å². The fourth-order valence-corrected chi connectivity index (χ4v) is 0.572. The lowest BCUT2D eigenvalue weighted by molar-refractivity contribution is 0.591. The van der Waals surface area contributed by atoms with Crippen LogP contribution < -0.4 is 5.32 Å². The summed E-state index contributed by atoms with van der Waals surface area (Å²) in [4.78, 5) is 3.69. The molecule has 0 saturated heterocycles. The Hall–Kier alpha value is -0.580. The molecule has 10 heavy (non-hydrogen) atoms. The third-order valence-electron chi connectivity index (χ3n) is 1.03. The minimum atomic E-state index is -3.01. The predicted molar refractivity (Wildman–Crippen MR) is 41.9 cm³/mol. The van der Waals surface area contributed by atoms with Gasteiger partial charge in [-0.2, -0.15) is 0 Å². The number of nitrogens with one attached hydrogen (secondary N) is 1. The Bertz CT molecular complexity index is 208. The van der Waals surface area contributed by atoms with Crippen LogP contribution in [0.4, 0.5) is 0 Å². The van der Waals surface area contributed by atoms with Crippen LogP contribution in [0.25, 0.3) is 0 Å². The quantitative estimate of drug-likeness (QED) is 0.457. The standard InChI is InChI=1S/C5H12N2O2S/c1-5(7-4-6-2)10(3,8)9/h4-5H,1-3H3,(H,6,7). The maximum atomic E-state index is 10.7. The zero-order valence-electron chi connectivity index (χ0n) is 6.33. The third kappa shape index (κ3) is 3.45.